The van der Waals surface area contributed by atoms with E-state index in [4.69, 9.17) is 0 Å². The molecule has 2 unspecified atom stereocenters. The van der Waals surface area contributed by atoms with Crippen LogP contribution in [0.25, 0.3) is 0 Å². The average molecular weight is 214 g/mol. The molecule has 0 aromatic heterocycles. The SMILES string of the molecule is CCC(C)(C)CC(O)CC(C)C(C)(C)C. The second-order valence-electron chi connectivity index (χ2n) is 6.88. The fourth-order valence-corrected chi connectivity index (χ4v) is 1.63. The van der Waals surface area contributed by atoms with E-state index in [1.807, 2.05) is 0 Å². The standard InChI is InChI=1S/C14H30O/c1-8-14(6,7)10-12(15)9-11(2)13(3,4)5/h11-12,15H,8-10H2,1-7H3. The number of hydrogen-bond acceptors (Lipinski definition) is 1. The lowest BCUT2D eigenvalue weighted by Gasteiger charge is -2.32. The molecule has 0 aromatic carbocycles. The van der Waals surface area contributed by atoms with Crippen LogP contribution in [0.2, 0.25) is 0 Å². The fraction of sp³-hybridized carbons (Fsp3) is 1.00. The van der Waals surface area contributed by atoms with Crippen LogP contribution < -0.4 is 0 Å². The van der Waals surface area contributed by atoms with Crippen molar-refractivity contribution in [2.45, 2.75) is 73.8 Å². The van der Waals surface area contributed by atoms with Crippen LogP contribution in [0.1, 0.15) is 67.7 Å². The van der Waals surface area contributed by atoms with Crippen LogP contribution in [0, 0.1) is 16.7 Å². The molecule has 0 bridgehead atoms. The van der Waals surface area contributed by atoms with E-state index < -0.39 is 0 Å². The summed E-state index contributed by atoms with van der Waals surface area (Å²) in [6.07, 6.45) is 2.83. The molecule has 0 aromatic rings. The summed E-state index contributed by atoms with van der Waals surface area (Å²) in [4.78, 5) is 0. The largest absolute Gasteiger partial charge is 0.393 e. The zero-order chi connectivity index (χ0) is 12.3. The van der Waals surface area contributed by atoms with Crippen LogP contribution in [0.4, 0.5) is 0 Å². The van der Waals surface area contributed by atoms with Gasteiger partial charge in [-0.1, -0.05) is 54.9 Å². The molecule has 0 saturated carbocycles. The van der Waals surface area contributed by atoms with Crippen molar-refractivity contribution in [2.24, 2.45) is 16.7 Å². The molecule has 15 heavy (non-hydrogen) atoms. The molecule has 1 nitrogen and oxygen atoms in total. The minimum Gasteiger partial charge on any atom is -0.393 e. The first-order valence-corrected chi connectivity index (χ1v) is 6.26. The minimum atomic E-state index is -0.144. The Morgan fingerprint density at radius 1 is 1.07 bits per heavy atom. The third-order valence-corrected chi connectivity index (χ3v) is 3.85. The van der Waals surface area contributed by atoms with E-state index in [2.05, 4.69) is 48.5 Å². The van der Waals surface area contributed by atoms with Gasteiger partial charge in [-0.05, 0) is 29.6 Å². The Bertz CT molecular complexity index is 176. The van der Waals surface area contributed by atoms with Crippen molar-refractivity contribution in [3.63, 3.8) is 0 Å². The average Bonchev–Trinajstić information content (AvgIpc) is 2.01. The van der Waals surface area contributed by atoms with E-state index in [9.17, 15) is 5.11 Å². The predicted molar refractivity (Wildman–Crippen MR) is 67.9 cm³/mol. The van der Waals surface area contributed by atoms with Gasteiger partial charge in [0.1, 0.15) is 0 Å². The maximum atomic E-state index is 10.0. The number of aliphatic hydroxyl groups is 1. The van der Waals surface area contributed by atoms with Crippen molar-refractivity contribution < 1.29 is 5.11 Å². The first-order chi connectivity index (χ1) is 6.58. The van der Waals surface area contributed by atoms with Crippen molar-refractivity contribution >= 4 is 0 Å². The lowest BCUT2D eigenvalue weighted by atomic mass is 9.76. The van der Waals surface area contributed by atoms with Crippen molar-refractivity contribution in [1.29, 1.82) is 0 Å². The Kier molecular flexibility index (Phi) is 5.32. The molecule has 92 valence electrons. The van der Waals surface area contributed by atoms with Gasteiger partial charge in [0.25, 0.3) is 0 Å². The number of aliphatic hydroxyl groups excluding tert-OH is 1. The Balaban J connectivity index is 4.10. The summed E-state index contributed by atoms with van der Waals surface area (Å²) < 4.78 is 0. The van der Waals surface area contributed by atoms with Crippen LogP contribution in [-0.4, -0.2) is 11.2 Å². The predicted octanol–water partition coefficient (Wildman–Crippen LogP) is 4.25. The van der Waals surface area contributed by atoms with Gasteiger partial charge in [0.15, 0.2) is 0 Å². The molecule has 0 aliphatic heterocycles. The van der Waals surface area contributed by atoms with Gasteiger partial charge < -0.3 is 5.11 Å². The van der Waals surface area contributed by atoms with Gasteiger partial charge >= 0.3 is 0 Å². The van der Waals surface area contributed by atoms with Gasteiger partial charge in [0.05, 0.1) is 6.10 Å². The highest BCUT2D eigenvalue weighted by Crippen LogP contribution is 2.33. The highest BCUT2D eigenvalue weighted by atomic mass is 16.3. The molecule has 0 fully saturated rings. The van der Waals surface area contributed by atoms with E-state index in [0.29, 0.717) is 11.3 Å². The van der Waals surface area contributed by atoms with Crippen LogP contribution in [-0.2, 0) is 0 Å². The van der Waals surface area contributed by atoms with Crippen molar-refractivity contribution in [2.75, 3.05) is 0 Å². The summed E-state index contributed by atoms with van der Waals surface area (Å²) >= 11 is 0. The number of rotatable bonds is 5. The molecule has 0 heterocycles. The smallest absolute Gasteiger partial charge is 0.0548 e. The van der Waals surface area contributed by atoms with Crippen LogP contribution in [0.15, 0.2) is 0 Å². The summed E-state index contributed by atoms with van der Waals surface area (Å²) in [7, 11) is 0. The van der Waals surface area contributed by atoms with Crippen molar-refractivity contribution in [3.05, 3.63) is 0 Å². The van der Waals surface area contributed by atoms with E-state index in [0.717, 1.165) is 19.3 Å². The molecule has 1 N–H and O–H groups in total. The van der Waals surface area contributed by atoms with E-state index in [1.54, 1.807) is 0 Å². The fourth-order valence-electron chi connectivity index (χ4n) is 1.63. The van der Waals surface area contributed by atoms with Gasteiger partial charge in [0, 0.05) is 0 Å². The van der Waals surface area contributed by atoms with Gasteiger partial charge in [-0.15, -0.1) is 0 Å². The molecule has 0 saturated heterocycles. The molecule has 0 radical (unpaired) electrons. The van der Waals surface area contributed by atoms with E-state index in [-0.39, 0.29) is 11.5 Å². The molecule has 0 aliphatic carbocycles. The highest BCUT2D eigenvalue weighted by molar-refractivity contribution is 4.77. The molecular formula is C14H30O. The van der Waals surface area contributed by atoms with Gasteiger partial charge in [-0.2, -0.15) is 0 Å². The van der Waals surface area contributed by atoms with Crippen molar-refractivity contribution in [3.8, 4) is 0 Å². The van der Waals surface area contributed by atoms with Gasteiger partial charge in [0.2, 0.25) is 0 Å². The first kappa shape index (κ1) is 15.0. The van der Waals surface area contributed by atoms with Gasteiger partial charge in [-0.25, -0.2) is 0 Å². The molecule has 0 aliphatic rings. The zero-order valence-corrected chi connectivity index (χ0v) is 11.7. The summed E-state index contributed by atoms with van der Waals surface area (Å²) in [5, 5.41) is 10.0. The summed E-state index contributed by atoms with van der Waals surface area (Å²) in [6, 6.07) is 0. The Morgan fingerprint density at radius 3 is 1.87 bits per heavy atom. The van der Waals surface area contributed by atoms with Crippen LogP contribution in [0.5, 0.6) is 0 Å². The van der Waals surface area contributed by atoms with E-state index >= 15 is 0 Å². The lowest BCUT2D eigenvalue weighted by molar-refractivity contribution is 0.0691. The third kappa shape index (κ3) is 6.19. The molecule has 0 amide bonds. The number of hydrogen-bond donors (Lipinski definition) is 1. The van der Waals surface area contributed by atoms with Crippen LogP contribution in [0.3, 0.4) is 0 Å². The summed E-state index contributed by atoms with van der Waals surface area (Å²) in [5.41, 5.74) is 0.578. The third-order valence-electron chi connectivity index (χ3n) is 3.85. The lowest BCUT2D eigenvalue weighted by Crippen LogP contribution is -2.26. The van der Waals surface area contributed by atoms with Crippen molar-refractivity contribution in [1.82, 2.24) is 0 Å². The topological polar surface area (TPSA) is 20.2 Å². The quantitative estimate of drug-likeness (QED) is 0.725. The molecule has 1 heteroatoms. The molecular weight excluding hydrogens is 184 g/mol. The first-order valence-electron chi connectivity index (χ1n) is 6.26. The molecule has 0 spiro atoms. The minimum absolute atomic E-state index is 0.144. The monoisotopic (exact) mass is 214 g/mol. The zero-order valence-electron chi connectivity index (χ0n) is 11.7. The Morgan fingerprint density at radius 2 is 1.53 bits per heavy atom. The highest BCUT2D eigenvalue weighted by Gasteiger charge is 2.26. The van der Waals surface area contributed by atoms with E-state index in [1.165, 1.54) is 0 Å². The summed E-state index contributed by atoms with van der Waals surface area (Å²) in [5.74, 6) is 0.570. The maximum absolute atomic E-state index is 10.0. The maximum Gasteiger partial charge on any atom is 0.0548 e. The second-order valence-corrected chi connectivity index (χ2v) is 6.88. The Hall–Kier alpha value is -0.0400. The second kappa shape index (κ2) is 5.34. The summed E-state index contributed by atoms with van der Waals surface area (Å²) in [6.45, 7) is 15.6. The molecule has 2 atom stereocenters. The molecule has 0 rings (SSSR count). The Labute approximate surface area is 96.3 Å². The van der Waals surface area contributed by atoms with Crippen LogP contribution >= 0.6 is 0 Å². The van der Waals surface area contributed by atoms with Gasteiger partial charge in [-0.3, -0.25) is 0 Å². The normalized spacial score (nSPS) is 17.6.